The normalized spacial score (nSPS) is 13.7. The number of nitrogens with zero attached hydrogens (tertiary/aromatic N) is 1. The minimum absolute atomic E-state index is 0.0645. The van der Waals surface area contributed by atoms with Crippen molar-refractivity contribution in [2.24, 2.45) is 0 Å². The number of aliphatic hydroxyl groups is 1. The van der Waals surface area contributed by atoms with Gasteiger partial charge in [0.05, 0.1) is 12.0 Å². The highest BCUT2D eigenvalue weighted by atomic mass is 32.1. The number of hydrogen-bond donors (Lipinski definition) is 1. The molecular formula is C15H14FNOS. The smallest absolute Gasteiger partial charge is 0.137 e. The predicted octanol–water partition coefficient (Wildman–Crippen LogP) is 3.66. The van der Waals surface area contributed by atoms with E-state index in [1.807, 2.05) is 30.3 Å². The van der Waals surface area contributed by atoms with E-state index in [2.05, 4.69) is 6.07 Å². The largest absolute Gasteiger partial charge is 0.396 e. The zero-order valence-corrected chi connectivity index (χ0v) is 11.1. The van der Waals surface area contributed by atoms with Gasteiger partial charge >= 0.3 is 0 Å². The number of rotatable bonds is 5. The van der Waals surface area contributed by atoms with Crippen LogP contribution < -0.4 is 0 Å². The Balaban J connectivity index is 2.38. The number of hydrogen-bond acceptors (Lipinski definition) is 3. The molecule has 1 heterocycles. The van der Waals surface area contributed by atoms with Crippen LogP contribution in [0, 0.1) is 17.1 Å². The van der Waals surface area contributed by atoms with Crippen LogP contribution in [-0.2, 0) is 0 Å². The lowest BCUT2D eigenvalue weighted by Crippen LogP contribution is -2.12. The molecule has 4 heteroatoms. The van der Waals surface area contributed by atoms with Crippen molar-refractivity contribution in [1.29, 1.82) is 5.26 Å². The number of halogens is 1. The van der Waals surface area contributed by atoms with Crippen molar-refractivity contribution in [1.82, 2.24) is 0 Å². The molecule has 2 rings (SSSR count). The van der Waals surface area contributed by atoms with Crippen LogP contribution in [0.2, 0.25) is 0 Å². The fourth-order valence-electron chi connectivity index (χ4n) is 2.25. The lowest BCUT2D eigenvalue weighted by atomic mass is 9.81. The Morgan fingerprint density at radius 2 is 2.00 bits per heavy atom. The van der Waals surface area contributed by atoms with E-state index in [1.54, 1.807) is 5.38 Å². The predicted molar refractivity (Wildman–Crippen MR) is 73.5 cm³/mol. The van der Waals surface area contributed by atoms with E-state index in [0.717, 1.165) is 5.56 Å². The number of thiophene rings is 1. The van der Waals surface area contributed by atoms with E-state index in [0.29, 0.717) is 12.0 Å². The molecule has 0 aliphatic carbocycles. The van der Waals surface area contributed by atoms with Crippen LogP contribution in [0.4, 0.5) is 4.39 Å². The highest BCUT2D eigenvalue weighted by Gasteiger charge is 2.27. The maximum Gasteiger partial charge on any atom is 0.137 e. The maximum absolute atomic E-state index is 13.8. The molecule has 0 aliphatic heterocycles. The van der Waals surface area contributed by atoms with Gasteiger partial charge in [-0.1, -0.05) is 30.3 Å². The van der Waals surface area contributed by atoms with Crippen LogP contribution in [0.15, 0.2) is 41.1 Å². The van der Waals surface area contributed by atoms with Gasteiger partial charge in [-0.05, 0) is 17.4 Å². The van der Waals surface area contributed by atoms with Crippen molar-refractivity contribution in [3.63, 3.8) is 0 Å². The molecule has 0 bridgehead atoms. The minimum Gasteiger partial charge on any atom is -0.396 e. The first-order chi connectivity index (χ1) is 9.27. The Kier molecular flexibility index (Phi) is 4.67. The molecule has 0 saturated heterocycles. The van der Waals surface area contributed by atoms with Crippen LogP contribution in [0.5, 0.6) is 0 Å². The summed E-state index contributed by atoms with van der Waals surface area (Å²) < 4.78 is 13.8. The van der Waals surface area contributed by atoms with Gasteiger partial charge in [-0.25, -0.2) is 4.39 Å². The summed E-state index contributed by atoms with van der Waals surface area (Å²) in [6.45, 7) is -0.0645. The summed E-state index contributed by atoms with van der Waals surface area (Å²) >= 11 is 1.28. The monoisotopic (exact) mass is 275 g/mol. The van der Waals surface area contributed by atoms with Gasteiger partial charge in [0.1, 0.15) is 5.82 Å². The summed E-state index contributed by atoms with van der Waals surface area (Å²) in [6, 6.07) is 11.6. The molecule has 0 spiro atoms. The summed E-state index contributed by atoms with van der Waals surface area (Å²) in [5.41, 5.74) is 1.38. The van der Waals surface area contributed by atoms with Crippen molar-refractivity contribution >= 4 is 11.3 Å². The third kappa shape index (κ3) is 3.01. The molecule has 1 aromatic heterocycles. The lowest BCUT2D eigenvalue weighted by Gasteiger charge is -2.21. The number of benzene rings is 1. The van der Waals surface area contributed by atoms with E-state index >= 15 is 0 Å². The van der Waals surface area contributed by atoms with Crippen LogP contribution in [0.1, 0.15) is 29.4 Å². The van der Waals surface area contributed by atoms with E-state index in [9.17, 15) is 14.8 Å². The van der Waals surface area contributed by atoms with Crippen LogP contribution in [0.25, 0.3) is 0 Å². The molecule has 19 heavy (non-hydrogen) atoms. The van der Waals surface area contributed by atoms with Gasteiger partial charge in [0.2, 0.25) is 0 Å². The van der Waals surface area contributed by atoms with Gasteiger partial charge in [-0.2, -0.15) is 5.26 Å². The zero-order chi connectivity index (χ0) is 13.7. The maximum atomic E-state index is 13.8. The van der Waals surface area contributed by atoms with Crippen LogP contribution in [0.3, 0.4) is 0 Å². The minimum atomic E-state index is -0.447. The standard InChI is InChI=1S/C15H14FNOS/c16-15-10-19-9-14(15)12(6-7-18)13(8-17)11-4-2-1-3-5-11/h1-5,9-10,12-13,18H,6-7H2/t12-,13-/m0/s1. The van der Waals surface area contributed by atoms with Crippen LogP contribution >= 0.6 is 11.3 Å². The molecule has 2 atom stereocenters. The molecule has 2 nitrogen and oxygen atoms in total. The highest BCUT2D eigenvalue weighted by Crippen LogP contribution is 2.37. The Labute approximate surface area is 115 Å². The summed E-state index contributed by atoms with van der Waals surface area (Å²) in [5.74, 6) is -1.05. The van der Waals surface area contributed by atoms with E-state index in [-0.39, 0.29) is 18.3 Å². The first kappa shape index (κ1) is 13.7. The van der Waals surface area contributed by atoms with Gasteiger partial charge < -0.3 is 5.11 Å². The topological polar surface area (TPSA) is 44.0 Å². The third-order valence-corrected chi connectivity index (χ3v) is 3.92. The van der Waals surface area contributed by atoms with Crippen molar-refractivity contribution in [3.8, 4) is 6.07 Å². The molecule has 0 amide bonds. The van der Waals surface area contributed by atoms with E-state index in [4.69, 9.17) is 0 Å². The third-order valence-electron chi connectivity index (χ3n) is 3.18. The molecule has 1 aromatic carbocycles. The summed E-state index contributed by atoms with van der Waals surface area (Å²) in [4.78, 5) is 0. The van der Waals surface area contributed by atoms with Gasteiger partial charge in [0, 0.05) is 23.5 Å². The summed E-state index contributed by atoms with van der Waals surface area (Å²) in [6.07, 6.45) is 0.376. The average Bonchev–Trinajstić information content (AvgIpc) is 2.86. The summed E-state index contributed by atoms with van der Waals surface area (Å²) in [5, 5.41) is 21.8. The lowest BCUT2D eigenvalue weighted by molar-refractivity contribution is 0.271. The van der Waals surface area contributed by atoms with E-state index < -0.39 is 5.92 Å². The Hall–Kier alpha value is -1.70. The van der Waals surface area contributed by atoms with Crippen LogP contribution in [-0.4, -0.2) is 11.7 Å². The van der Waals surface area contributed by atoms with Gasteiger partial charge in [0.25, 0.3) is 0 Å². The fraction of sp³-hybridized carbons (Fsp3) is 0.267. The molecule has 2 aromatic rings. The molecule has 0 unspecified atom stereocenters. The van der Waals surface area contributed by atoms with E-state index in [1.165, 1.54) is 16.7 Å². The second kappa shape index (κ2) is 6.46. The number of nitriles is 1. The summed E-state index contributed by atoms with van der Waals surface area (Å²) in [7, 11) is 0. The van der Waals surface area contributed by atoms with Crippen molar-refractivity contribution in [3.05, 3.63) is 58.0 Å². The zero-order valence-electron chi connectivity index (χ0n) is 10.3. The second-order valence-electron chi connectivity index (χ2n) is 4.31. The van der Waals surface area contributed by atoms with Crippen molar-refractivity contribution < 1.29 is 9.50 Å². The first-order valence-corrected chi connectivity index (χ1v) is 6.99. The first-order valence-electron chi connectivity index (χ1n) is 6.05. The Morgan fingerprint density at radius 1 is 1.26 bits per heavy atom. The average molecular weight is 275 g/mol. The second-order valence-corrected chi connectivity index (χ2v) is 5.05. The molecule has 98 valence electrons. The molecular weight excluding hydrogens is 261 g/mol. The SMILES string of the molecule is N#C[C@@H](c1ccccc1)[C@H](CCO)c1cscc1F. The molecule has 1 N–H and O–H groups in total. The fourth-order valence-corrected chi connectivity index (χ4v) is 3.01. The Bertz CT molecular complexity index is 561. The van der Waals surface area contributed by atoms with Crippen molar-refractivity contribution in [2.75, 3.05) is 6.61 Å². The van der Waals surface area contributed by atoms with Gasteiger partial charge in [-0.15, -0.1) is 11.3 Å². The van der Waals surface area contributed by atoms with Gasteiger partial charge in [0.15, 0.2) is 0 Å². The molecule has 0 fully saturated rings. The van der Waals surface area contributed by atoms with Crippen molar-refractivity contribution in [2.45, 2.75) is 18.3 Å². The molecule has 0 radical (unpaired) electrons. The quantitative estimate of drug-likeness (QED) is 0.905. The van der Waals surface area contributed by atoms with Gasteiger partial charge in [-0.3, -0.25) is 0 Å². The number of aliphatic hydroxyl groups excluding tert-OH is 1. The molecule has 0 saturated carbocycles. The molecule has 0 aliphatic rings. The highest BCUT2D eigenvalue weighted by molar-refractivity contribution is 7.08. The Morgan fingerprint density at radius 3 is 2.53 bits per heavy atom.